The van der Waals surface area contributed by atoms with Crippen LogP contribution in [0.5, 0.6) is 0 Å². The summed E-state index contributed by atoms with van der Waals surface area (Å²) < 4.78 is 2.16. The van der Waals surface area contributed by atoms with E-state index in [-0.39, 0.29) is 0 Å². The van der Waals surface area contributed by atoms with E-state index in [0.717, 1.165) is 27.9 Å². The molecule has 0 bridgehead atoms. The van der Waals surface area contributed by atoms with Crippen LogP contribution in [-0.2, 0) is 0 Å². The van der Waals surface area contributed by atoms with Crippen molar-refractivity contribution in [2.75, 3.05) is 0 Å². The maximum atomic E-state index is 4.95. The van der Waals surface area contributed by atoms with Crippen LogP contribution in [0.1, 0.15) is 24.5 Å². The molecule has 0 unspecified atom stereocenters. The van der Waals surface area contributed by atoms with Gasteiger partial charge in [0, 0.05) is 23.4 Å². The van der Waals surface area contributed by atoms with Gasteiger partial charge in [-0.2, -0.15) is 0 Å². The molecule has 0 aliphatic heterocycles. The van der Waals surface area contributed by atoms with Gasteiger partial charge in [0.1, 0.15) is 11.2 Å². The lowest BCUT2D eigenvalue weighted by Gasteiger charge is -2.06. The molecule has 1 aliphatic carbocycles. The SMILES string of the molecule is c1ccc(-c2nc(C3CC3)cc3c2nc2ccccn23)cc1. The summed E-state index contributed by atoms with van der Waals surface area (Å²) in [5.74, 6) is 0.626. The number of pyridine rings is 2. The fraction of sp³-hybridized carbons (Fsp3) is 0.158. The Morgan fingerprint density at radius 1 is 0.909 bits per heavy atom. The molecule has 1 aromatic carbocycles. The molecule has 3 nitrogen and oxygen atoms in total. The summed E-state index contributed by atoms with van der Waals surface area (Å²) >= 11 is 0. The van der Waals surface area contributed by atoms with Crippen LogP contribution in [0.3, 0.4) is 0 Å². The third-order valence-electron chi connectivity index (χ3n) is 4.36. The highest BCUT2D eigenvalue weighted by molar-refractivity contribution is 5.92. The van der Waals surface area contributed by atoms with Crippen molar-refractivity contribution in [2.24, 2.45) is 0 Å². The third kappa shape index (κ3) is 1.75. The maximum absolute atomic E-state index is 4.95. The lowest BCUT2D eigenvalue weighted by Crippen LogP contribution is -1.93. The summed E-state index contributed by atoms with van der Waals surface area (Å²) in [6.45, 7) is 0. The first kappa shape index (κ1) is 11.9. The largest absolute Gasteiger partial charge is 0.299 e. The minimum atomic E-state index is 0.626. The van der Waals surface area contributed by atoms with Crippen molar-refractivity contribution in [3.63, 3.8) is 0 Å². The van der Waals surface area contributed by atoms with Crippen molar-refractivity contribution in [3.8, 4) is 11.3 Å². The van der Waals surface area contributed by atoms with E-state index in [2.05, 4.69) is 40.9 Å². The molecule has 3 heterocycles. The molecule has 1 fully saturated rings. The molecule has 5 rings (SSSR count). The van der Waals surface area contributed by atoms with Crippen molar-refractivity contribution < 1.29 is 0 Å². The second-order valence-electron chi connectivity index (χ2n) is 5.94. The standard InChI is InChI=1S/C19H15N3/c1-2-6-14(7-3-1)18-19-16(12-15(20-18)13-9-10-13)22-11-5-4-8-17(22)21-19/h1-8,11-13H,9-10H2. The molecule has 1 aliphatic rings. The minimum absolute atomic E-state index is 0.626. The molecule has 4 aromatic rings. The van der Waals surface area contributed by atoms with Crippen LogP contribution in [0.4, 0.5) is 0 Å². The quantitative estimate of drug-likeness (QED) is 0.545. The molecular formula is C19H15N3. The van der Waals surface area contributed by atoms with Crippen LogP contribution in [0, 0.1) is 0 Å². The van der Waals surface area contributed by atoms with E-state index in [1.165, 1.54) is 18.5 Å². The zero-order valence-electron chi connectivity index (χ0n) is 12.1. The summed E-state index contributed by atoms with van der Waals surface area (Å²) in [5, 5.41) is 0. The number of fused-ring (bicyclic) bond motifs is 3. The fourth-order valence-corrected chi connectivity index (χ4v) is 3.07. The van der Waals surface area contributed by atoms with Crippen LogP contribution in [0.2, 0.25) is 0 Å². The van der Waals surface area contributed by atoms with E-state index < -0.39 is 0 Å². The average Bonchev–Trinajstić information content (AvgIpc) is 3.36. The molecule has 0 atom stereocenters. The van der Waals surface area contributed by atoms with Crippen LogP contribution >= 0.6 is 0 Å². The first-order valence-electron chi connectivity index (χ1n) is 7.73. The molecule has 3 aromatic heterocycles. The van der Waals surface area contributed by atoms with Crippen LogP contribution in [0.25, 0.3) is 27.9 Å². The first-order valence-corrected chi connectivity index (χ1v) is 7.73. The zero-order chi connectivity index (χ0) is 14.5. The predicted molar refractivity (Wildman–Crippen MR) is 87.9 cm³/mol. The van der Waals surface area contributed by atoms with Crippen molar-refractivity contribution >= 4 is 16.7 Å². The molecule has 106 valence electrons. The summed E-state index contributed by atoms with van der Waals surface area (Å²) in [4.78, 5) is 9.77. The van der Waals surface area contributed by atoms with E-state index in [1.54, 1.807) is 0 Å². The number of aromatic nitrogens is 3. The lowest BCUT2D eigenvalue weighted by molar-refractivity contribution is 1.03. The predicted octanol–water partition coefficient (Wildman–Crippen LogP) is 4.43. The zero-order valence-corrected chi connectivity index (χ0v) is 12.1. The van der Waals surface area contributed by atoms with Gasteiger partial charge in [-0.1, -0.05) is 36.4 Å². The average molecular weight is 285 g/mol. The number of benzene rings is 1. The van der Waals surface area contributed by atoms with Crippen LogP contribution in [-0.4, -0.2) is 14.4 Å². The summed E-state index contributed by atoms with van der Waals surface area (Å²) in [6, 6.07) is 18.7. The first-order chi connectivity index (χ1) is 10.9. The maximum Gasteiger partial charge on any atom is 0.137 e. The van der Waals surface area contributed by atoms with E-state index in [4.69, 9.17) is 9.97 Å². The van der Waals surface area contributed by atoms with Crippen LogP contribution in [0.15, 0.2) is 60.8 Å². The van der Waals surface area contributed by atoms with Gasteiger partial charge in [-0.25, -0.2) is 4.98 Å². The Bertz CT molecular complexity index is 982. The Morgan fingerprint density at radius 2 is 1.73 bits per heavy atom. The highest BCUT2D eigenvalue weighted by Gasteiger charge is 2.27. The van der Waals surface area contributed by atoms with Crippen molar-refractivity contribution in [1.29, 1.82) is 0 Å². The van der Waals surface area contributed by atoms with Crippen LogP contribution < -0.4 is 0 Å². The van der Waals surface area contributed by atoms with Gasteiger partial charge in [-0.05, 0) is 31.0 Å². The Morgan fingerprint density at radius 3 is 2.55 bits per heavy atom. The van der Waals surface area contributed by atoms with Gasteiger partial charge in [-0.3, -0.25) is 9.38 Å². The van der Waals surface area contributed by atoms with Gasteiger partial charge in [-0.15, -0.1) is 0 Å². The van der Waals surface area contributed by atoms with E-state index >= 15 is 0 Å². The molecule has 0 saturated heterocycles. The van der Waals surface area contributed by atoms with Crippen molar-refractivity contribution in [1.82, 2.24) is 14.4 Å². The fourth-order valence-electron chi connectivity index (χ4n) is 3.07. The molecule has 0 amide bonds. The number of rotatable bonds is 2. The summed E-state index contributed by atoms with van der Waals surface area (Å²) in [6.07, 6.45) is 4.59. The molecule has 1 saturated carbocycles. The van der Waals surface area contributed by atoms with Gasteiger partial charge in [0.05, 0.1) is 11.2 Å². The van der Waals surface area contributed by atoms with Gasteiger partial charge < -0.3 is 0 Å². The number of imidazole rings is 1. The topological polar surface area (TPSA) is 30.2 Å². The monoisotopic (exact) mass is 285 g/mol. The minimum Gasteiger partial charge on any atom is -0.299 e. The lowest BCUT2D eigenvalue weighted by atomic mass is 10.1. The van der Waals surface area contributed by atoms with E-state index in [9.17, 15) is 0 Å². The van der Waals surface area contributed by atoms with Crippen molar-refractivity contribution in [2.45, 2.75) is 18.8 Å². The number of hydrogen-bond donors (Lipinski definition) is 0. The molecule has 22 heavy (non-hydrogen) atoms. The van der Waals surface area contributed by atoms with E-state index in [1.807, 2.05) is 24.3 Å². The molecular weight excluding hydrogens is 270 g/mol. The number of hydrogen-bond acceptors (Lipinski definition) is 2. The van der Waals surface area contributed by atoms with Gasteiger partial charge >= 0.3 is 0 Å². The molecule has 0 spiro atoms. The third-order valence-corrected chi connectivity index (χ3v) is 4.36. The molecule has 0 radical (unpaired) electrons. The molecule has 3 heteroatoms. The van der Waals surface area contributed by atoms with Crippen molar-refractivity contribution in [3.05, 3.63) is 66.5 Å². The van der Waals surface area contributed by atoms with Gasteiger partial charge in [0.2, 0.25) is 0 Å². The molecule has 0 N–H and O–H groups in total. The summed E-state index contributed by atoms with van der Waals surface area (Å²) in [5.41, 5.74) is 6.47. The summed E-state index contributed by atoms with van der Waals surface area (Å²) in [7, 11) is 0. The Labute approximate surface area is 128 Å². The second-order valence-corrected chi connectivity index (χ2v) is 5.94. The highest BCUT2D eigenvalue weighted by Crippen LogP contribution is 2.41. The highest BCUT2D eigenvalue weighted by atomic mass is 15.0. The van der Waals surface area contributed by atoms with Gasteiger partial charge in [0.15, 0.2) is 0 Å². The Kier molecular flexibility index (Phi) is 2.39. The number of nitrogens with zero attached hydrogens (tertiary/aromatic N) is 3. The second kappa shape index (κ2) is 4.41. The Balaban J connectivity index is 1.90. The van der Waals surface area contributed by atoms with Gasteiger partial charge in [0.25, 0.3) is 0 Å². The Hall–Kier alpha value is -2.68. The normalized spacial score (nSPS) is 14.7. The smallest absolute Gasteiger partial charge is 0.137 e. The van der Waals surface area contributed by atoms with E-state index in [0.29, 0.717) is 5.92 Å².